The quantitative estimate of drug-likeness (QED) is 0.727. The molecule has 0 aliphatic heterocycles. The van der Waals surface area contributed by atoms with Gasteiger partial charge in [-0.05, 0) is 42.8 Å². The van der Waals surface area contributed by atoms with Crippen molar-refractivity contribution in [3.05, 3.63) is 47.5 Å². The van der Waals surface area contributed by atoms with Crippen LogP contribution in [0.25, 0.3) is 22.4 Å². The molecule has 0 bridgehead atoms. The molecular weight excluding hydrogens is 286 g/mol. The zero-order valence-corrected chi connectivity index (χ0v) is 12.2. The summed E-state index contributed by atoms with van der Waals surface area (Å²) >= 11 is 5.95. The summed E-state index contributed by atoms with van der Waals surface area (Å²) in [6, 6.07) is 13.3. The smallest absolute Gasteiger partial charge is 0.141 e. The summed E-state index contributed by atoms with van der Waals surface area (Å²) in [5, 5.41) is 9.80. The molecule has 0 unspecified atom stereocenters. The Balaban J connectivity index is 2.20. The van der Waals surface area contributed by atoms with Crippen molar-refractivity contribution in [3.8, 4) is 11.4 Å². The first-order valence-electron chi connectivity index (χ1n) is 6.82. The average molecular weight is 302 g/mol. The van der Waals surface area contributed by atoms with E-state index in [4.69, 9.17) is 22.4 Å². The van der Waals surface area contributed by atoms with Gasteiger partial charge in [0.25, 0.3) is 0 Å². The topological polar surface area (TPSA) is 64.1 Å². The number of imidazole rings is 1. The van der Waals surface area contributed by atoms with Crippen molar-refractivity contribution in [2.24, 2.45) is 0 Å². The van der Waals surface area contributed by atoms with Crippen LogP contribution in [0.4, 0.5) is 5.69 Å². The molecule has 108 valence electrons. The van der Waals surface area contributed by atoms with Crippen molar-refractivity contribution in [1.29, 1.82) is 0 Å². The maximum absolute atomic E-state index is 9.11. The fourth-order valence-electron chi connectivity index (χ4n) is 2.44. The first-order chi connectivity index (χ1) is 10.2. The number of nitrogens with zero attached hydrogens (tertiary/aromatic N) is 2. The molecule has 1 heterocycles. The van der Waals surface area contributed by atoms with Crippen LogP contribution in [0.5, 0.6) is 0 Å². The molecule has 4 nitrogen and oxygen atoms in total. The highest BCUT2D eigenvalue weighted by Crippen LogP contribution is 2.28. The lowest BCUT2D eigenvalue weighted by molar-refractivity contribution is 0.281. The van der Waals surface area contributed by atoms with E-state index in [0.717, 1.165) is 22.4 Å². The van der Waals surface area contributed by atoms with Gasteiger partial charge in [0.2, 0.25) is 0 Å². The summed E-state index contributed by atoms with van der Waals surface area (Å²) in [6.45, 7) is 0.830. The molecular formula is C16H16ClN3O. The van der Waals surface area contributed by atoms with E-state index in [0.29, 0.717) is 23.7 Å². The molecule has 3 rings (SSSR count). The van der Waals surface area contributed by atoms with E-state index in [1.807, 2.05) is 42.5 Å². The number of hydrogen-bond acceptors (Lipinski definition) is 3. The summed E-state index contributed by atoms with van der Waals surface area (Å²) in [5.41, 5.74) is 9.43. The Bertz CT molecular complexity index is 765. The summed E-state index contributed by atoms with van der Waals surface area (Å²) < 4.78 is 2.09. The van der Waals surface area contributed by atoms with Gasteiger partial charge in [-0.15, -0.1) is 0 Å². The zero-order chi connectivity index (χ0) is 14.8. The monoisotopic (exact) mass is 301 g/mol. The molecule has 2 aromatic carbocycles. The van der Waals surface area contributed by atoms with E-state index in [-0.39, 0.29) is 6.61 Å². The lowest BCUT2D eigenvalue weighted by atomic mass is 10.2. The fourth-order valence-corrected chi connectivity index (χ4v) is 2.57. The summed E-state index contributed by atoms with van der Waals surface area (Å²) in [7, 11) is 0. The number of nitrogens with two attached hydrogens (primary N) is 1. The molecule has 1 aromatic heterocycles. The maximum Gasteiger partial charge on any atom is 0.141 e. The first kappa shape index (κ1) is 13.9. The third-order valence-corrected chi connectivity index (χ3v) is 3.70. The first-order valence-corrected chi connectivity index (χ1v) is 7.20. The lowest BCUT2D eigenvalue weighted by Gasteiger charge is -2.08. The van der Waals surface area contributed by atoms with Crippen molar-refractivity contribution < 1.29 is 5.11 Å². The molecule has 0 atom stereocenters. The van der Waals surface area contributed by atoms with Crippen LogP contribution in [-0.2, 0) is 6.54 Å². The second kappa shape index (κ2) is 5.76. The number of aliphatic hydroxyl groups is 1. The number of hydrogen-bond donors (Lipinski definition) is 2. The zero-order valence-electron chi connectivity index (χ0n) is 11.5. The van der Waals surface area contributed by atoms with Crippen LogP contribution < -0.4 is 5.73 Å². The Kier molecular flexibility index (Phi) is 3.82. The van der Waals surface area contributed by atoms with Gasteiger partial charge in [-0.3, -0.25) is 0 Å². The molecule has 0 saturated carbocycles. The molecule has 0 fully saturated rings. The van der Waals surface area contributed by atoms with E-state index in [2.05, 4.69) is 9.55 Å². The van der Waals surface area contributed by atoms with Crippen LogP contribution in [0.15, 0.2) is 42.5 Å². The standard InChI is InChI=1S/C16H16ClN3O/c17-12-7-5-11(6-8-12)16-19-15-13(18)3-1-4-14(15)20(16)9-2-10-21/h1,3-8,21H,2,9-10,18H2. The molecule has 21 heavy (non-hydrogen) atoms. The highest BCUT2D eigenvalue weighted by molar-refractivity contribution is 6.30. The molecule has 0 aliphatic rings. The van der Waals surface area contributed by atoms with Crippen LogP contribution in [0, 0.1) is 0 Å². The lowest BCUT2D eigenvalue weighted by Crippen LogP contribution is -2.02. The predicted octanol–water partition coefficient (Wildman–Crippen LogP) is 3.32. The molecule has 3 aromatic rings. The van der Waals surface area contributed by atoms with Gasteiger partial charge in [-0.25, -0.2) is 4.98 Å². The largest absolute Gasteiger partial charge is 0.397 e. The van der Waals surface area contributed by atoms with Crippen molar-refractivity contribution in [2.75, 3.05) is 12.3 Å². The molecule has 0 amide bonds. The van der Waals surface area contributed by atoms with Crippen LogP contribution >= 0.6 is 11.6 Å². The van der Waals surface area contributed by atoms with E-state index in [1.165, 1.54) is 0 Å². The second-order valence-corrected chi connectivity index (χ2v) is 5.32. The number of para-hydroxylation sites is 1. The van der Waals surface area contributed by atoms with Gasteiger partial charge in [0.15, 0.2) is 0 Å². The highest BCUT2D eigenvalue weighted by atomic mass is 35.5. The van der Waals surface area contributed by atoms with Crippen LogP contribution in [0.3, 0.4) is 0 Å². The Morgan fingerprint density at radius 1 is 1.14 bits per heavy atom. The van der Waals surface area contributed by atoms with Crippen molar-refractivity contribution in [2.45, 2.75) is 13.0 Å². The Morgan fingerprint density at radius 3 is 2.62 bits per heavy atom. The highest BCUT2D eigenvalue weighted by Gasteiger charge is 2.13. The normalized spacial score (nSPS) is 11.1. The molecule has 0 radical (unpaired) electrons. The summed E-state index contributed by atoms with van der Waals surface area (Å²) in [6.07, 6.45) is 0.668. The van der Waals surface area contributed by atoms with E-state index in [9.17, 15) is 0 Å². The number of halogens is 1. The molecule has 0 spiro atoms. The van der Waals surface area contributed by atoms with Gasteiger partial charge in [0.1, 0.15) is 11.3 Å². The van der Waals surface area contributed by atoms with Crippen molar-refractivity contribution >= 4 is 28.3 Å². The number of aliphatic hydroxyl groups excluding tert-OH is 1. The maximum atomic E-state index is 9.11. The van der Waals surface area contributed by atoms with E-state index in [1.54, 1.807) is 0 Å². The molecule has 3 N–H and O–H groups in total. The minimum absolute atomic E-state index is 0.141. The van der Waals surface area contributed by atoms with E-state index < -0.39 is 0 Å². The Hall–Kier alpha value is -2.04. The second-order valence-electron chi connectivity index (χ2n) is 4.89. The van der Waals surface area contributed by atoms with Gasteiger partial charge in [0.05, 0.1) is 11.2 Å². The van der Waals surface area contributed by atoms with Gasteiger partial charge < -0.3 is 15.4 Å². The molecule has 0 saturated heterocycles. The average Bonchev–Trinajstić information content (AvgIpc) is 2.86. The van der Waals surface area contributed by atoms with E-state index >= 15 is 0 Å². The predicted molar refractivity (Wildman–Crippen MR) is 86.3 cm³/mol. The Morgan fingerprint density at radius 2 is 1.90 bits per heavy atom. The minimum Gasteiger partial charge on any atom is -0.397 e. The summed E-state index contributed by atoms with van der Waals surface area (Å²) in [5.74, 6) is 0.841. The number of nitrogen functional groups attached to an aromatic ring is 1. The fraction of sp³-hybridized carbons (Fsp3) is 0.188. The number of aromatic nitrogens is 2. The van der Waals surface area contributed by atoms with Crippen molar-refractivity contribution in [1.82, 2.24) is 9.55 Å². The third kappa shape index (κ3) is 2.60. The van der Waals surface area contributed by atoms with Crippen LogP contribution in [0.2, 0.25) is 5.02 Å². The summed E-state index contributed by atoms with van der Waals surface area (Å²) in [4.78, 5) is 4.68. The van der Waals surface area contributed by atoms with Crippen LogP contribution in [0.1, 0.15) is 6.42 Å². The number of rotatable bonds is 4. The number of aryl methyl sites for hydroxylation is 1. The van der Waals surface area contributed by atoms with Crippen LogP contribution in [-0.4, -0.2) is 21.3 Å². The molecule has 5 heteroatoms. The number of anilines is 1. The van der Waals surface area contributed by atoms with Gasteiger partial charge >= 0.3 is 0 Å². The number of fused-ring (bicyclic) bond motifs is 1. The van der Waals surface area contributed by atoms with Gasteiger partial charge in [-0.2, -0.15) is 0 Å². The third-order valence-electron chi connectivity index (χ3n) is 3.45. The van der Waals surface area contributed by atoms with Crippen molar-refractivity contribution in [3.63, 3.8) is 0 Å². The molecule has 0 aliphatic carbocycles. The number of benzene rings is 2. The van der Waals surface area contributed by atoms with Gasteiger partial charge in [0, 0.05) is 23.7 Å². The van der Waals surface area contributed by atoms with Gasteiger partial charge in [-0.1, -0.05) is 17.7 Å². The minimum atomic E-state index is 0.141. The SMILES string of the molecule is Nc1cccc2c1nc(-c1ccc(Cl)cc1)n2CCCO. The Labute approximate surface area is 127 Å².